The number of carbonyl (C=O) groups is 2. The van der Waals surface area contributed by atoms with E-state index in [1.165, 1.54) is 0 Å². The van der Waals surface area contributed by atoms with Gasteiger partial charge >= 0.3 is 6.03 Å². The molecule has 0 radical (unpaired) electrons. The SMILES string of the molecule is O=C(Nc1ccc(C(=O)Nc2cccc(Cl)c2)cc1)NC1CCS(=O)(=O)C1. The molecule has 0 bridgehead atoms. The molecule has 3 N–H and O–H groups in total. The number of amides is 3. The van der Waals surface area contributed by atoms with Crippen LogP contribution in [0, 0.1) is 0 Å². The third-order valence-electron chi connectivity index (χ3n) is 4.06. The van der Waals surface area contributed by atoms with Crippen LogP contribution in [-0.2, 0) is 9.84 Å². The molecule has 3 rings (SSSR count). The normalized spacial score (nSPS) is 17.9. The van der Waals surface area contributed by atoms with E-state index in [0.29, 0.717) is 28.4 Å². The largest absolute Gasteiger partial charge is 0.334 e. The number of sulfone groups is 1. The number of anilines is 2. The average Bonchev–Trinajstić information content (AvgIpc) is 2.93. The maximum Gasteiger partial charge on any atom is 0.319 e. The first kappa shape index (κ1) is 19.2. The van der Waals surface area contributed by atoms with E-state index >= 15 is 0 Å². The van der Waals surface area contributed by atoms with Gasteiger partial charge in [-0.1, -0.05) is 17.7 Å². The summed E-state index contributed by atoms with van der Waals surface area (Å²) in [6.07, 6.45) is 0.415. The second-order valence-electron chi connectivity index (χ2n) is 6.24. The van der Waals surface area contributed by atoms with Gasteiger partial charge < -0.3 is 16.0 Å². The molecule has 1 aliphatic rings. The van der Waals surface area contributed by atoms with Crippen molar-refractivity contribution < 1.29 is 18.0 Å². The monoisotopic (exact) mass is 407 g/mol. The second kappa shape index (κ2) is 7.98. The maximum absolute atomic E-state index is 12.2. The van der Waals surface area contributed by atoms with Crippen molar-refractivity contribution in [1.82, 2.24) is 5.32 Å². The van der Waals surface area contributed by atoms with Crippen LogP contribution in [-0.4, -0.2) is 37.9 Å². The maximum atomic E-state index is 12.2. The lowest BCUT2D eigenvalue weighted by molar-refractivity contribution is 0.102. The molecule has 2 aromatic rings. The second-order valence-corrected chi connectivity index (χ2v) is 8.91. The predicted octanol–water partition coefficient (Wildman–Crippen LogP) is 2.90. The zero-order chi connectivity index (χ0) is 19.4. The van der Waals surface area contributed by atoms with Crippen molar-refractivity contribution in [1.29, 1.82) is 0 Å². The first-order chi connectivity index (χ1) is 12.8. The molecule has 1 aliphatic heterocycles. The summed E-state index contributed by atoms with van der Waals surface area (Å²) in [6, 6.07) is 12.3. The highest BCUT2D eigenvalue weighted by atomic mass is 35.5. The molecular weight excluding hydrogens is 390 g/mol. The smallest absolute Gasteiger partial charge is 0.319 e. The molecule has 1 heterocycles. The third-order valence-corrected chi connectivity index (χ3v) is 6.06. The summed E-state index contributed by atoms with van der Waals surface area (Å²) in [5.41, 5.74) is 1.50. The molecule has 2 aromatic carbocycles. The number of halogens is 1. The number of hydrogen-bond acceptors (Lipinski definition) is 4. The summed E-state index contributed by atoms with van der Waals surface area (Å²) in [4.78, 5) is 24.2. The first-order valence-electron chi connectivity index (χ1n) is 8.26. The number of carbonyl (C=O) groups excluding carboxylic acids is 2. The van der Waals surface area contributed by atoms with Crippen LogP contribution in [0.25, 0.3) is 0 Å². The van der Waals surface area contributed by atoms with Crippen LogP contribution in [0.5, 0.6) is 0 Å². The average molecular weight is 408 g/mol. The summed E-state index contributed by atoms with van der Waals surface area (Å²) < 4.78 is 22.8. The highest BCUT2D eigenvalue weighted by Crippen LogP contribution is 2.17. The Balaban J connectivity index is 1.55. The quantitative estimate of drug-likeness (QED) is 0.724. The zero-order valence-electron chi connectivity index (χ0n) is 14.2. The molecule has 0 saturated carbocycles. The third kappa shape index (κ3) is 5.45. The predicted molar refractivity (Wildman–Crippen MR) is 105 cm³/mol. The van der Waals surface area contributed by atoms with Gasteiger partial charge in [0, 0.05) is 28.0 Å². The highest BCUT2D eigenvalue weighted by Gasteiger charge is 2.28. The van der Waals surface area contributed by atoms with Crippen molar-refractivity contribution in [2.45, 2.75) is 12.5 Å². The Morgan fingerprint density at radius 3 is 2.37 bits per heavy atom. The van der Waals surface area contributed by atoms with Crippen molar-refractivity contribution in [3.63, 3.8) is 0 Å². The lowest BCUT2D eigenvalue weighted by Crippen LogP contribution is -2.38. The van der Waals surface area contributed by atoms with E-state index in [-0.39, 0.29) is 23.5 Å². The molecule has 3 amide bonds. The minimum Gasteiger partial charge on any atom is -0.334 e. The molecular formula is C18H18ClN3O4S. The molecule has 142 valence electrons. The van der Waals surface area contributed by atoms with Crippen LogP contribution in [0.15, 0.2) is 48.5 Å². The number of rotatable bonds is 4. The molecule has 27 heavy (non-hydrogen) atoms. The Hall–Kier alpha value is -2.58. The Bertz CT molecular complexity index is 961. The van der Waals surface area contributed by atoms with Gasteiger partial charge in [0.2, 0.25) is 0 Å². The van der Waals surface area contributed by atoms with Gasteiger partial charge in [0.15, 0.2) is 9.84 Å². The molecule has 1 fully saturated rings. The topological polar surface area (TPSA) is 104 Å². The minimum atomic E-state index is -3.05. The van der Waals surface area contributed by atoms with Crippen LogP contribution in [0.4, 0.5) is 16.2 Å². The van der Waals surface area contributed by atoms with Gasteiger partial charge in [0.1, 0.15) is 0 Å². The van der Waals surface area contributed by atoms with Gasteiger partial charge in [-0.2, -0.15) is 0 Å². The fraction of sp³-hybridized carbons (Fsp3) is 0.222. The van der Waals surface area contributed by atoms with Crippen molar-refractivity contribution in [2.24, 2.45) is 0 Å². The molecule has 0 spiro atoms. The Morgan fingerprint density at radius 2 is 1.74 bits per heavy atom. The van der Waals surface area contributed by atoms with Crippen LogP contribution >= 0.6 is 11.6 Å². The van der Waals surface area contributed by atoms with E-state index in [0.717, 1.165) is 0 Å². The van der Waals surface area contributed by atoms with Crippen molar-refractivity contribution in [3.05, 3.63) is 59.1 Å². The van der Waals surface area contributed by atoms with Crippen LogP contribution in [0.2, 0.25) is 5.02 Å². The molecule has 1 saturated heterocycles. The van der Waals surface area contributed by atoms with Crippen LogP contribution < -0.4 is 16.0 Å². The molecule has 1 unspecified atom stereocenters. The minimum absolute atomic E-state index is 0.0387. The molecule has 1 atom stereocenters. The summed E-state index contributed by atoms with van der Waals surface area (Å²) >= 11 is 5.89. The van der Waals surface area contributed by atoms with Gasteiger partial charge in [-0.25, -0.2) is 13.2 Å². The van der Waals surface area contributed by atoms with Gasteiger partial charge in [-0.05, 0) is 48.9 Å². The number of benzene rings is 2. The summed E-state index contributed by atoms with van der Waals surface area (Å²) in [6.45, 7) is 0. The summed E-state index contributed by atoms with van der Waals surface area (Å²) in [7, 11) is -3.05. The van der Waals surface area contributed by atoms with E-state index in [9.17, 15) is 18.0 Å². The van der Waals surface area contributed by atoms with E-state index in [4.69, 9.17) is 11.6 Å². The molecule has 0 aromatic heterocycles. The first-order valence-corrected chi connectivity index (χ1v) is 10.5. The fourth-order valence-electron chi connectivity index (χ4n) is 2.74. The van der Waals surface area contributed by atoms with Gasteiger partial charge in [-0.3, -0.25) is 4.79 Å². The number of hydrogen-bond donors (Lipinski definition) is 3. The lowest BCUT2D eigenvalue weighted by Gasteiger charge is -2.12. The van der Waals surface area contributed by atoms with E-state index in [1.54, 1.807) is 48.5 Å². The Morgan fingerprint density at radius 1 is 1.00 bits per heavy atom. The Labute approximate surface area is 162 Å². The van der Waals surface area contributed by atoms with Gasteiger partial charge in [0.05, 0.1) is 11.5 Å². The van der Waals surface area contributed by atoms with Crippen LogP contribution in [0.3, 0.4) is 0 Å². The zero-order valence-corrected chi connectivity index (χ0v) is 15.8. The summed E-state index contributed by atoms with van der Waals surface area (Å²) in [5, 5.41) is 8.52. The van der Waals surface area contributed by atoms with Gasteiger partial charge in [0.25, 0.3) is 5.91 Å². The van der Waals surface area contributed by atoms with Crippen molar-refractivity contribution >= 4 is 44.8 Å². The van der Waals surface area contributed by atoms with E-state index in [2.05, 4.69) is 16.0 Å². The molecule has 9 heteroatoms. The van der Waals surface area contributed by atoms with Crippen LogP contribution in [0.1, 0.15) is 16.8 Å². The Kier molecular flexibility index (Phi) is 5.67. The highest BCUT2D eigenvalue weighted by molar-refractivity contribution is 7.91. The standard InChI is InChI=1S/C18H18ClN3O4S/c19-13-2-1-3-15(10-13)20-17(23)12-4-6-14(7-5-12)21-18(24)22-16-8-9-27(25,26)11-16/h1-7,10,16H,8-9,11H2,(H,20,23)(H2,21,22,24). The van der Waals surface area contributed by atoms with Crippen molar-refractivity contribution in [3.8, 4) is 0 Å². The molecule has 7 nitrogen and oxygen atoms in total. The van der Waals surface area contributed by atoms with E-state index in [1.807, 2.05) is 0 Å². The van der Waals surface area contributed by atoms with Gasteiger partial charge in [-0.15, -0.1) is 0 Å². The lowest BCUT2D eigenvalue weighted by atomic mass is 10.2. The number of urea groups is 1. The molecule has 0 aliphatic carbocycles. The van der Waals surface area contributed by atoms with Crippen molar-refractivity contribution in [2.75, 3.05) is 22.1 Å². The van der Waals surface area contributed by atoms with E-state index < -0.39 is 15.9 Å². The summed E-state index contributed by atoms with van der Waals surface area (Å²) in [5.74, 6) is -0.248. The fourth-order valence-corrected chi connectivity index (χ4v) is 4.60. The number of nitrogens with one attached hydrogen (secondary N) is 3.